The van der Waals surface area contributed by atoms with E-state index in [-0.39, 0.29) is 6.61 Å². The number of carboxylic acids is 1. The highest BCUT2D eigenvalue weighted by molar-refractivity contribution is 5.89. The van der Waals surface area contributed by atoms with Gasteiger partial charge in [0.05, 0.1) is 5.92 Å². The molecule has 2 unspecified atom stereocenters. The largest absolute Gasteiger partial charge is 0.480 e. The molecule has 0 amide bonds. The van der Waals surface area contributed by atoms with Crippen molar-refractivity contribution in [3.05, 3.63) is 35.9 Å². The summed E-state index contributed by atoms with van der Waals surface area (Å²) in [5, 5.41) is 8.96. The average molecular weight is 249 g/mol. The van der Waals surface area contributed by atoms with E-state index in [0.29, 0.717) is 12.8 Å². The number of aliphatic carboxylic acids is 1. The van der Waals surface area contributed by atoms with E-state index in [9.17, 15) is 9.59 Å². The molecule has 1 aromatic carbocycles. The lowest BCUT2D eigenvalue weighted by atomic mass is 9.67. The lowest BCUT2D eigenvalue weighted by Gasteiger charge is -2.40. The lowest BCUT2D eigenvalue weighted by Crippen LogP contribution is -2.63. The topological polar surface area (TPSA) is 89.6 Å². The number of benzene rings is 1. The lowest BCUT2D eigenvalue weighted by molar-refractivity contribution is -0.167. The van der Waals surface area contributed by atoms with Crippen molar-refractivity contribution in [1.29, 1.82) is 0 Å². The molecule has 5 nitrogen and oxygen atoms in total. The molecule has 0 aromatic heterocycles. The fraction of sp³-hybridized carbons (Fsp3) is 0.385. The number of hydrogen-bond donors (Lipinski definition) is 2. The normalized spacial score (nSPS) is 26.2. The maximum atomic E-state index is 11.8. The van der Waals surface area contributed by atoms with Gasteiger partial charge in [0.25, 0.3) is 0 Å². The highest BCUT2D eigenvalue weighted by atomic mass is 16.5. The number of carboxylic acid groups (broad SMARTS) is 1. The minimum absolute atomic E-state index is 0.145. The minimum Gasteiger partial charge on any atom is -0.480 e. The van der Waals surface area contributed by atoms with Crippen LogP contribution in [0, 0.1) is 5.92 Å². The second-order valence-electron chi connectivity index (χ2n) is 4.53. The first-order valence-corrected chi connectivity index (χ1v) is 5.77. The summed E-state index contributed by atoms with van der Waals surface area (Å²) in [6, 6.07) is 9.22. The number of carbonyl (C=O) groups is 2. The second-order valence-corrected chi connectivity index (χ2v) is 4.53. The maximum Gasteiger partial charge on any atom is 0.324 e. The highest BCUT2D eigenvalue weighted by Gasteiger charge is 2.54. The van der Waals surface area contributed by atoms with Crippen LogP contribution in [0.3, 0.4) is 0 Å². The number of nitrogens with two attached hydrogens (primary N) is 1. The summed E-state index contributed by atoms with van der Waals surface area (Å²) >= 11 is 0. The second kappa shape index (κ2) is 4.78. The Hall–Kier alpha value is -1.88. The van der Waals surface area contributed by atoms with E-state index < -0.39 is 23.4 Å². The molecule has 0 saturated heterocycles. The van der Waals surface area contributed by atoms with Crippen LogP contribution in [-0.2, 0) is 20.9 Å². The Morgan fingerprint density at radius 2 is 2.06 bits per heavy atom. The van der Waals surface area contributed by atoms with Crippen molar-refractivity contribution < 1.29 is 19.4 Å². The summed E-state index contributed by atoms with van der Waals surface area (Å²) in [6.45, 7) is 0.145. The van der Waals surface area contributed by atoms with Gasteiger partial charge >= 0.3 is 11.9 Å². The van der Waals surface area contributed by atoms with Crippen molar-refractivity contribution in [2.45, 2.75) is 25.0 Å². The van der Waals surface area contributed by atoms with Gasteiger partial charge < -0.3 is 15.6 Å². The van der Waals surface area contributed by atoms with Gasteiger partial charge in [0, 0.05) is 0 Å². The smallest absolute Gasteiger partial charge is 0.324 e. The highest BCUT2D eigenvalue weighted by Crippen LogP contribution is 2.37. The van der Waals surface area contributed by atoms with Crippen molar-refractivity contribution in [2.75, 3.05) is 0 Å². The zero-order valence-electron chi connectivity index (χ0n) is 9.83. The van der Waals surface area contributed by atoms with E-state index in [4.69, 9.17) is 15.6 Å². The number of hydrogen-bond acceptors (Lipinski definition) is 4. The number of rotatable bonds is 4. The van der Waals surface area contributed by atoms with Gasteiger partial charge in [-0.05, 0) is 18.4 Å². The summed E-state index contributed by atoms with van der Waals surface area (Å²) in [4.78, 5) is 22.7. The van der Waals surface area contributed by atoms with Crippen LogP contribution in [0.5, 0.6) is 0 Å². The number of ether oxygens (including phenoxy) is 1. The summed E-state index contributed by atoms with van der Waals surface area (Å²) in [7, 11) is 0. The Morgan fingerprint density at radius 3 is 2.56 bits per heavy atom. The van der Waals surface area contributed by atoms with Crippen LogP contribution in [0.1, 0.15) is 18.4 Å². The van der Waals surface area contributed by atoms with Crippen LogP contribution in [0.15, 0.2) is 30.3 Å². The molecule has 0 radical (unpaired) electrons. The quantitative estimate of drug-likeness (QED) is 0.774. The van der Waals surface area contributed by atoms with Crippen molar-refractivity contribution >= 4 is 11.9 Å². The molecule has 1 fully saturated rings. The van der Waals surface area contributed by atoms with Gasteiger partial charge in [-0.2, -0.15) is 0 Å². The van der Waals surface area contributed by atoms with E-state index in [1.54, 1.807) is 0 Å². The Bertz CT molecular complexity index is 459. The molecular formula is C13H15NO4. The predicted octanol–water partition coefficient (Wildman–Crippen LogP) is 0.922. The molecule has 1 saturated carbocycles. The molecule has 0 bridgehead atoms. The first-order chi connectivity index (χ1) is 8.54. The van der Waals surface area contributed by atoms with Crippen LogP contribution in [0.4, 0.5) is 0 Å². The molecule has 3 N–H and O–H groups in total. The van der Waals surface area contributed by atoms with Crippen molar-refractivity contribution in [1.82, 2.24) is 0 Å². The van der Waals surface area contributed by atoms with Gasteiger partial charge in [-0.25, -0.2) is 0 Å². The fourth-order valence-electron chi connectivity index (χ4n) is 2.01. The van der Waals surface area contributed by atoms with Crippen molar-refractivity contribution in [2.24, 2.45) is 11.7 Å². The predicted molar refractivity (Wildman–Crippen MR) is 63.5 cm³/mol. The molecule has 0 heterocycles. The summed E-state index contributed by atoms with van der Waals surface area (Å²) < 4.78 is 5.10. The third-order valence-electron chi connectivity index (χ3n) is 3.38. The Balaban J connectivity index is 1.92. The molecule has 5 heteroatoms. The van der Waals surface area contributed by atoms with Gasteiger partial charge in [-0.15, -0.1) is 0 Å². The SMILES string of the molecule is NC1(C(=O)O)CCC1C(=O)OCc1ccccc1. The van der Waals surface area contributed by atoms with Crippen LogP contribution in [-0.4, -0.2) is 22.6 Å². The summed E-state index contributed by atoms with van der Waals surface area (Å²) in [6.07, 6.45) is 0.782. The zero-order valence-corrected chi connectivity index (χ0v) is 9.83. The zero-order chi connectivity index (χ0) is 13.2. The molecule has 1 aliphatic carbocycles. The molecular weight excluding hydrogens is 234 g/mol. The van der Waals surface area contributed by atoms with Gasteiger partial charge in [0.1, 0.15) is 12.1 Å². The van der Waals surface area contributed by atoms with Crippen LogP contribution in [0.2, 0.25) is 0 Å². The van der Waals surface area contributed by atoms with Crippen LogP contribution in [0.25, 0.3) is 0 Å². The Morgan fingerprint density at radius 1 is 1.39 bits per heavy atom. The van der Waals surface area contributed by atoms with Gasteiger partial charge in [0.15, 0.2) is 0 Å². The number of carbonyl (C=O) groups excluding carboxylic acids is 1. The molecule has 0 aliphatic heterocycles. The fourth-order valence-corrected chi connectivity index (χ4v) is 2.01. The molecule has 2 atom stereocenters. The molecule has 1 aliphatic rings. The maximum absolute atomic E-state index is 11.8. The minimum atomic E-state index is -1.45. The van der Waals surface area contributed by atoms with Crippen LogP contribution >= 0.6 is 0 Å². The first-order valence-electron chi connectivity index (χ1n) is 5.77. The van der Waals surface area contributed by atoms with Gasteiger partial charge in [0.2, 0.25) is 0 Å². The van der Waals surface area contributed by atoms with E-state index in [2.05, 4.69) is 0 Å². The standard InChI is InChI=1S/C13H15NO4/c14-13(12(16)17)7-6-10(13)11(15)18-8-9-4-2-1-3-5-9/h1-5,10H,6-8,14H2,(H,16,17). The Labute approximate surface area is 105 Å². The number of esters is 1. The molecule has 18 heavy (non-hydrogen) atoms. The van der Waals surface area contributed by atoms with Crippen molar-refractivity contribution in [3.63, 3.8) is 0 Å². The molecule has 2 rings (SSSR count). The van der Waals surface area contributed by atoms with E-state index in [0.717, 1.165) is 5.56 Å². The van der Waals surface area contributed by atoms with Crippen LogP contribution < -0.4 is 5.73 Å². The summed E-state index contributed by atoms with van der Waals surface area (Å²) in [5.74, 6) is -2.41. The van der Waals surface area contributed by atoms with Gasteiger partial charge in [-0.3, -0.25) is 9.59 Å². The van der Waals surface area contributed by atoms with E-state index >= 15 is 0 Å². The Kier molecular flexibility index (Phi) is 3.34. The first kappa shape index (κ1) is 12.6. The molecule has 0 spiro atoms. The summed E-state index contributed by atoms with van der Waals surface area (Å²) in [5.41, 5.74) is 5.07. The van der Waals surface area contributed by atoms with Crippen molar-refractivity contribution in [3.8, 4) is 0 Å². The average Bonchev–Trinajstić information content (AvgIpc) is 2.35. The van der Waals surface area contributed by atoms with Gasteiger partial charge in [-0.1, -0.05) is 30.3 Å². The molecule has 96 valence electrons. The molecule has 1 aromatic rings. The monoisotopic (exact) mass is 249 g/mol. The van der Waals surface area contributed by atoms with E-state index in [1.807, 2.05) is 30.3 Å². The third-order valence-corrected chi connectivity index (χ3v) is 3.38. The third kappa shape index (κ3) is 2.22. The van der Waals surface area contributed by atoms with E-state index in [1.165, 1.54) is 0 Å².